The standard InChI is InChI=1S/C14H10N2O3/c17-8-9-1-3-10(4-2-9)16-13(18)11-5-6-15-7-12(11)14(16)19/h1-7,17H,8H2. The molecule has 1 aromatic carbocycles. The second-order valence-corrected chi connectivity index (χ2v) is 4.19. The first-order chi connectivity index (χ1) is 9.22. The Morgan fingerprint density at radius 1 is 1.00 bits per heavy atom. The van der Waals surface area contributed by atoms with Gasteiger partial charge in [-0.15, -0.1) is 0 Å². The maximum absolute atomic E-state index is 12.2. The Kier molecular flexibility index (Phi) is 2.61. The maximum atomic E-state index is 12.2. The molecule has 2 aromatic rings. The molecule has 0 aliphatic carbocycles. The number of aliphatic hydroxyl groups excluding tert-OH is 1. The zero-order chi connectivity index (χ0) is 13.4. The van der Waals surface area contributed by atoms with Crippen molar-refractivity contribution in [2.24, 2.45) is 0 Å². The first kappa shape index (κ1) is 11.6. The van der Waals surface area contributed by atoms with Crippen LogP contribution >= 0.6 is 0 Å². The molecule has 0 unspecified atom stereocenters. The molecule has 19 heavy (non-hydrogen) atoms. The fourth-order valence-electron chi connectivity index (χ4n) is 2.07. The van der Waals surface area contributed by atoms with Gasteiger partial charge in [0, 0.05) is 12.4 Å². The van der Waals surface area contributed by atoms with E-state index in [1.165, 1.54) is 18.5 Å². The number of nitrogens with zero attached hydrogens (tertiary/aromatic N) is 2. The second-order valence-electron chi connectivity index (χ2n) is 4.19. The molecule has 1 N–H and O–H groups in total. The van der Waals surface area contributed by atoms with Crippen molar-refractivity contribution in [1.82, 2.24) is 4.98 Å². The number of anilines is 1. The van der Waals surface area contributed by atoms with Gasteiger partial charge in [-0.1, -0.05) is 12.1 Å². The molecule has 1 aromatic heterocycles. The molecule has 0 bridgehead atoms. The number of pyridine rings is 1. The Bertz CT molecular complexity index is 630. The van der Waals surface area contributed by atoms with Crippen molar-refractivity contribution in [2.75, 3.05) is 4.90 Å². The number of carbonyl (C=O) groups is 2. The molecule has 1 aliphatic heterocycles. The van der Waals surface area contributed by atoms with Gasteiger partial charge in [0.05, 0.1) is 23.4 Å². The van der Waals surface area contributed by atoms with Crippen LogP contribution in [-0.4, -0.2) is 21.9 Å². The van der Waals surface area contributed by atoms with Gasteiger partial charge in [0.15, 0.2) is 0 Å². The SMILES string of the molecule is O=C1c2ccncc2C(=O)N1c1ccc(CO)cc1. The summed E-state index contributed by atoms with van der Waals surface area (Å²) in [5.74, 6) is -0.719. The minimum atomic E-state index is -0.371. The van der Waals surface area contributed by atoms with E-state index in [0.29, 0.717) is 16.8 Å². The number of fused-ring (bicyclic) bond motifs is 1. The van der Waals surface area contributed by atoms with Crippen LogP contribution in [0.1, 0.15) is 26.3 Å². The van der Waals surface area contributed by atoms with E-state index in [-0.39, 0.29) is 18.4 Å². The van der Waals surface area contributed by atoms with Crippen LogP contribution in [0.15, 0.2) is 42.7 Å². The molecular weight excluding hydrogens is 244 g/mol. The minimum Gasteiger partial charge on any atom is -0.392 e. The number of imide groups is 1. The van der Waals surface area contributed by atoms with Gasteiger partial charge in [0.25, 0.3) is 11.8 Å². The van der Waals surface area contributed by atoms with E-state index in [4.69, 9.17) is 5.11 Å². The van der Waals surface area contributed by atoms with Crippen LogP contribution in [0.4, 0.5) is 5.69 Å². The molecule has 0 spiro atoms. The Morgan fingerprint density at radius 2 is 1.68 bits per heavy atom. The van der Waals surface area contributed by atoms with Gasteiger partial charge in [-0.2, -0.15) is 0 Å². The number of benzene rings is 1. The number of aromatic nitrogens is 1. The van der Waals surface area contributed by atoms with E-state index < -0.39 is 0 Å². The summed E-state index contributed by atoms with van der Waals surface area (Å²) in [5, 5.41) is 8.98. The van der Waals surface area contributed by atoms with E-state index in [1.807, 2.05) is 0 Å². The summed E-state index contributed by atoms with van der Waals surface area (Å²) >= 11 is 0. The average molecular weight is 254 g/mol. The first-order valence-corrected chi connectivity index (χ1v) is 5.75. The number of aliphatic hydroxyl groups is 1. The summed E-state index contributed by atoms with van der Waals surface area (Å²) in [6, 6.07) is 8.17. The molecule has 0 radical (unpaired) electrons. The van der Waals surface area contributed by atoms with Crippen LogP contribution in [0.3, 0.4) is 0 Å². The molecule has 94 valence electrons. The van der Waals surface area contributed by atoms with E-state index in [9.17, 15) is 9.59 Å². The lowest BCUT2D eigenvalue weighted by Gasteiger charge is -2.13. The van der Waals surface area contributed by atoms with E-state index in [2.05, 4.69) is 4.98 Å². The molecule has 0 saturated heterocycles. The molecular formula is C14H10N2O3. The van der Waals surface area contributed by atoms with Gasteiger partial charge < -0.3 is 5.11 Å². The highest BCUT2D eigenvalue weighted by atomic mass is 16.3. The molecule has 2 amide bonds. The average Bonchev–Trinajstić information content (AvgIpc) is 2.72. The molecule has 2 heterocycles. The van der Waals surface area contributed by atoms with Crippen molar-refractivity contribution in [3.8, 4) is 0 Å². The summed E-state index contributed by atoms with van der Waals surface area (Å²) in [7, 11) is 0. The number of hydrogen-bond donors (Lipinski definition) is 1. The Labute approximate surface area is 109 Å². The van der Waals surface area contributed by atoms with Gasteiger partial charge in [0.2, 0.25) is 0 Å². The van der Waals surface area contributed by atoms with Crippen molar-refractivity contribution < 1.29 is 14.7 Å². The van der Waals surface area contributed by atoms with Crippen molar-refractivity contribution in [3.05, 3.63) is 59.4 Å². The predicted molar refractivity (Wildman–Crippen MR) is 67.7 cm³/mol. The number of carbonyl (C=O) groups excluding carboxylic acids is 2. The Balaban J connectivity index is 2.03. The highest BCUT2D eigenvalue weighted by Crippen LogP contribution is 2.27. The normalized spacial score (nSPS) is 13.8. The summed E-state index contributed by atoms with van der Waals surface area (Å²) in [5.41, 5.74) is 1.90. The van der Waals surface area contributed by atoms with Crippen LogP contribution in [0.25, 0.3) is 0 Å². The fourth-order valence-corrected chi connectivity index (χ4v) is 2.07. The largest absolute Gasteiger partial charge is 0.392 e. The molecule has 1 aliphatic rings. The summed E-state index contributed by atoms with van der Waals surface area (Å²) in [6.07, 6.45) is 2.89. The lowest BCUT2D eigenvalue weighted by Crippen LogP contribution is -2.29. The molecule has 0 fully saturated rings. The van der Waals surface area contributed by atoms with Gasteiger partial charge in [-0.25, -0.2) is 4.90 Å². The van der Waals surface area contributed by atoms with Gasteiger partial charge in [0.1, 0.15) is 0 Å². The summed E-state index contributed by atoms with van der Waals surface area (Å²) in [6.45, 7) is -0.0771. The van der Waals surface area contributed by atoms with Gasteiger partial charge in [-0.3, -0.25) is 14.6 Å². The van der Waals surface area contributed by atoms with Crippen molar-refractivity contribution in [1.29, 1.82) is 0 Å². The number of rotatable bonds is 2. The van der Waals surface area contributed by atoms with Gasteiger partial charge >= 0.3 is 0 Å². The van der Waals surface area contributed by atoms with Crippen LogP contribution < -0.4 is 4.90 Å². The van der Waals surface area contributed by atoms with Crippen LogP contribution in [0.2, 0.25) is 0 Å². The maximum Gasteiger partial charge on any atom is 0.267 e. The topological polar surface area (TPSA) is 70.5 Å². The molecule has 5 heteroatoms. The molecule has 3 rings (SSSR count). The van der Waals surface area contributed by atoms with Crippen LogP contribution in [0.5, 0.6) is 0 Å². The minimum absolute atomic E-state index is 0.0771. The Morgan fingerprint density at radius 3 is 2.32 bits per heavy atom. The summed E-state index contributed by atoms with van der Waals surface area (Å²) < 4.78 is 0. The van der Waals surface area contributed by atoms with Crippen LogP contribution in [0, 0.1) is 0 Å². The third-order valence-electron chi connectivity index (χ3n) is 3.07. The zero-order valence-corrected chi connectivity index (χ0v) is 9.91. The number of amides is 2. The molecule has 5 nitrogen and oxygen atoms in total. The van der Waals surface area contributed by atoms with Crippen LogP contribution in [-0.2, 0) is 6.61 Å². The number of hydrogen-bond acceptors (Lipinski definition) is 4. The monoisotopic (exact) mass is 254 g/mol. The highest BCUT2D eigenvalue weighted by Gasteiger charge is 2.36. The highest BCUT2D eigenvalue weighted by molar-refractivity contribution is 6.34. The van der Waals surface area contributed by atoms with Crippen molar-refractivity contribution in [3.63, 3.8) is 0 Å². The van der Waals surface area contributed by atoms with E-state index in [1.54, 1.807) is 24.3 Å². The predicted octanol–water partition coefficient (Wildman–Crippen LogP) is 1.37. The van der Waals surface area contributed by atoms with Crippen molar-refractivity contribution >= 4 is 17.5 Å². The summed E-state index contributed by atoms with van der Waals surface area (Å²) in [4.78, 5) is 29.4. The fraction of sp³-hybridized carbons (Fsp3) is 0.0714. The second kappa shape index (κ2) is 4.29. The van der Waals surface area contributed by atoms with Gasteiger partial charge in [-0.05, 0) is 23.8 Å². The first-order valence-electron chi connectivity index (χ1n) is 5.75. The third-order valence-corrected chi connectivity index (χ3v) is 3.07. The van der Waals surface area contributed by atoms with E-state index in [0.717, 1.165) is 10.5 Å². The molecule has 0 atom stereocenters. The third kappa shape index (κ3) is 1.71. The quantitative estimate of drug-likeness (QED) is 0.822. The smallest absolute Gasteiger partial charge is 0.267 e. The van der Waals surface area contributed by atoms with E-state index >= 15 is 0 Å². The Hall–Kier alpha value is -2.53. The van der Waals surface area contributed by atoms with Crippen molar-refractivity contribution in [2.45, 2.75) is 6.61 Å². The lowest BCUT2D eigenvalue weighted by molar-refractivity contribution is 0.0926. The zero-order valence-electron chi connectivity index (χ0n) is 9.91. The molecule has 0 saturated carbocycles. The lowest BCUT2D eigenvalue weighted by atomic mass is 10.2.